The number of hydrogen-bond donors (Lipinski definition) is 3. The van der Waals surface area contributed by atoms with Crippen molar-refractivity contribution in [3.05, 3.63) is 73.0 Å². The summed E-state index contributed by atoms with van der Waals surface area (Å²) < 4.78 is 6.11. The van der Waals surface area contributed by atoms with Gasteiger partial charge in [0.05, 0.1) is 32.1 Å². The molecule has 3 atom stereocenters. The van der Waals surface area contributed by atoms with Crippen LogP contribution < -0.4 is 10.2 Å². The highest BCUT2D eigenvalue weighted by atomic mass is 16.5. The minimum absolute atomic E-state index is 0.0248. The Labute approximate surface area is 266 Å². The topological polar surface area (TPSA) is 88.4 Å². The molecule has 8 heterocycles. The van der Waals surface area contributed by atoms with Gasteiger partial charge in [0.25, 0.3) is 0 Å². The molecule has 6 aliphatic rings. The first-order valence-electron chi connectivity index (χ1n) is 17.1. The zero-order valence-corrected chi connectivity index (χ0v) is 26.4. The smallest absolute Gasteiger partial charge is 0.221 e. The molecule has 2 aromatic rings. The molecule has 3 N–H and O–H groups in total. The molecule has 0 radical (unpaired) electrons. The molecule has 242 valence electrons. The van der Waals surface area contributed by atoms with E-state index in [-0.39, 0.29) is 6.04 Å². The molecule has 0 amide bonds. The first-order valence-corrected chi connectivity index (χ1v) is 17.1. The third-order valence-electron chi connectivity index (χ3n) is 10.6. The fourth-order valence-corrected chi connectivity index (χ4v) is 8.94. The number of rotatable bonds is 7. The van der Waals surface area contributed by atoms with Crippen LogP contribution in [-0.2, 0) is 4.74 Å². The Hall–Kier alpha value is -3.13. The summed E-state index contributed by atoms with van der Waals surface area (Å²) in [4.78, 5) is 17.4. The second-order valence-corrected chi connectivity index (χ2v) is 13.0. The number of hydrazine groups is 1. The summed E-state index contributed by atoms with van der Waals surface area (Å²) >= 11 is 0. The van der Waals surface area contributed by atoms with E-state index in [0.29, 0.717) is 0 Å². The van der Waals surface area contributed by atoms with Crippen LogP contribution in [0, 0.1) is 0 Å². The Balaban J connectivity index is 1.48. The van der Waals surface area contributed by atoms with E-state index < -0.39 is 11.6 Å². The number of piperidine rings is 1. The van der Waals surface area contributed by atoms with E-state index in [2.05, 4.69) is 116 Å². The van der Waals surface area contributed by atoms with E-state index in [9.17, 15) is 0 Å². The van der Waals surface area contributed by atoms with E-state index in [1.807, 2.05) is 6.20 Å². The van der Waals surface area contributed by atoms with Gasteiger partial charge in [0.1, 0.15) is 5.82 Å². The molecule has 12 nitrogen and oxygen atoms in total. The SMILES string of the molecule is C1=CCN(C2(N3CCOCC3)N(N3C=CCCC3)CC(c3ccc[nH]3)N(c3ccn[nH]3)C2(N2CCCCC2)N2CCNC2)C=C1. The first-order chi connectivity index (χ1) is 22.3. The lowest BCUT2D eigenvalue weighted by Crippen LogP contribution is -2.95. The first kappa shape index (κ1) is 29.3. The van der Waals surface area contributed by atoms with Crippen LogP contribution in [0.4, 0.5) is 5.82 Å². The number of nitrogens with one attached hydrogen (secondary N) is 3. The number of H-pyrrole nitrogens is 2. The molecule has 45 heavy (non-hydrogen) atoms. The highest BCUT2D eigenvalue weighted by Gasteiger charge is 2.74. The molecule has 6 aliphatic heterocycles. The second-order valence-electron chi connectivity index (χ2n) is 13.0. The van der Waals surface area contributed by atoms with Gasteiger partial charge < -0.3 is 29.8 Å². The van der Waals surface area contributed by atoms with Gasteiger partial charge in [-0.05, 0) is 43.9 Å². The number of aromatic amines is 2. The third-order valence-corrected chi connectivity index (χ3v) is 10.6. The maximum Gasteiger partial charge on any atom is 0.221 e. The second kappa shape index (κ2) is 12.6. The number of morpholine rings is 1. The summed E-state index contributed by atoms with van der Waals surface area (Å²) in [6.45, 7) is 10.5. The van der Waals surface area contributed by atoms with Crippen molar-refractivity contribution in [3.63, 3.8) is 0 Å². The predicted molar refractivity (Wildman–Crippen MR) is 174 cm³/mol. The van der Waals surface area contributed by atoms with Gasteiger partial charge in [-0.3, -0.25) is 14.9 Å². The van der Waals surface area contributed by atoms with Crippen LogP contribution in [0.3, 0.4) is 0 Å². The average molecular weight is 616 g/mol. The zero-order valence-electron chi connectivity index (χ0n) is 26.4. The number of nitrogens with zero attached hydrogens (tertiary/aromatic N) is 8. The van der Waals surface area contributed by atoms with E-state index in [0.717, 1.165) is 97.4 Å². The summed E-state index contributed by atoms with van der Waals surface area (Å²) in [5.74, 6) is -0.206. The van der Waals surface area contributed by atoms with E-state index >= 15 is 0 Å². The number of ether oxygens (including phenoxy) is 1. The van der Waals surface area contributed by atoms with Crippen LogP contribution in [0.1, 0.15) is 43.8 Å². The molecule has 0 aliphatic carbocycles. The maximum absolute atomic E-state index is 6.11. The molecule has 0 bridgehead atoms. The summed E-state index contributed by atoms with van der Waals surface area (Å²) in [5, 5.41) is 17.2. The molecule has 0 saturated carbocycles. The Morgan fingerprint density at radius 2 is 1.73 bits per heavy atom. The van der Waals surface area contributed by atoms with E-state index in [1.54, 1.807) is 0 Å². The van der Waals surface area contributed by atoms with Crippen LogP contribution >= 0.6 is 0 Å². The minimum atomic E-state index is -0.629. The fraction of sp³-hybridized carbons (Fsp3) is 0.606. The molecule has 0 spiro atoms. The van der Waals surface area contributed by atoms with Gasteiger partial charge >= 0.3 is 0 Å². The van der Waals surface area contributed by atoms with Gasteiger partial charge in [-0.2, -0.15) is 10.1 Å². The summed E-state index contributed by atoms with van der Waals surface area (Å²) in [5.41, 5.74) is 1.22. The molecule has 4 fully saturated rings. The van der Waals surface area contributed by atoms with Gasteiger partial charge in [0, 0.05) is 89.3 Å². The number of aromatic nitrogens is 3. The lowest BCUT2D eigenvalue weighted by atomic mass is 9.88. The largest absolute Gasteiger partial charge is 0.379 e. The standard InChI is InChI=1S/C33H49N11O/c1-4-16-38(17-5-1)32(40-23-25-45-26-24-40)33(41-22-15-34-28-41,39-18-6-2-7-19-39)44(31-12-14-36-37-31)30(29-11-10-13-35-29)27-43(32)42-20-8-3-9-21-42/h1,4-5,8,10-14,16,20,30,34-35H,2-3,6-7,9,15,17-19,21-28H2,(H,36,37). The quantitative estimate of drug-likeness (QED) is 0.432. The van der Waals surface area contributed by atoms with Crippen molar-refractivity contribution >= 4 is 5.82 Å². The number of hydrogen-bond acceptors (Lipinski definition) is 10. The van der Waals surface area contributed by atoms with Gasteiger partial charge in [-0.25, -0.2) is 4.90 Å². The van der Waals surface area contributed by atoms with Crippen molar-refractivity contribution in [1.29, 1.82) is 0 Å². The summed E-state index contributed by atoms with van der Waals surface area (Å²) in [6, 6.07) is 6.63. The lowest BCUT2D eigenvalue weighted by Gasteiger charge is -2.75. The Kier molecular flexibility index (Phi) is 8.18. The van der Waals surface area contributed by atoms with Crippen LogP contribution in [0.5, 0.6) is 0 Å². The van der Waals surface area contributed by atoms with Crippen LogP contribution in [0.15, 0.2) is 67.3 Å². The number of piperazine rings is 1. The van der Waals surface area contributed by atoms with Gasteiger partial charge in [-0.1, -0.05) is 24.6 Å². The minimum Gasteiger partial charge on any atom is -0.379 e. The van der Waals surface area contributed by atoms with Gasteiger partial charge in [-0.15, -0.1) is 0 Å². The molecular weight excluding hydrogens is 566 g/mol. The Bertz CT molecular complexity index is 1330. The maximum atomic E-state index is 6.11. The van der Waals surface area contributed by atoms with E-state index in [1.165, 1.54) is 25.0 Å². The van der Waals surface area contributed by atoms with Crippen molar-refractivity contribution in [2.45, 2.75) is 49.7 Å². The molecule has 12 heteroatoms. The van der Waals surface area contributed by atoms with Crippen LogP contribution in [0.25, 0.3) is 0 Å². The predicted octanol–water partition coefficient (Wildman–Crippen LogP) is 2.50. The van der Waals surface area contributed by atoms with Crippen LogP contribution in [-0.4, -0.2) is 135 Å². The third kappa shape index (κ3) is 4.68. The molecular formula is C33H49N11O. The number of anilines is 1. The van der Waals surface area contributed by atoms with Crippen molar-refractivity contribution in [1.82, 2.24) is 50.1 Å². The Morgan fingerprint density at radius 1 is 0.844 bits per heavy atom. The molecule has 4 saturated heterocycles. The molecule has 2 aromatic heterocycles. The Morgan fingerprint density at radius 3 is 2.42 bits per heavy atom. The number of likely N-dealkylation sites (tertiary alicyclic amines) is 1. The molecule has 8 rings (SSSR count). The lowest BCUT2D eigenvalue weighted by molar-refractivity contribution is -0.344. The zero-order chi connectivity index (χ0) is 30.1. The molecule has 3 unspecified atom stereocenters. The number of allylic oxidation sites excluding steroid dienone is 3. The fourth-order valence-electron chi connectivity index (χ4n) is 8.94. The van der Waals surface area contributed by atoms with Crippen molar-refractivity contribution in [2.75, 3.05) is 83.7 Å². The highest BCUT2D eigenvalue weighted by molar-refractivity contribution is 5.49. The van der Waals surface area contributed by atoms with E-state index in [4.69, 9.17) is 4.74 Å². The van der Waals surface area contributed by atoms with Gasteiger partial charge in [0.2, 0.25) is 11.6 Å². The summed E-state index contributed by atoms with van der Waals surface area (Å²) in [6.07, 6.45) is 23.7. The monoisotopic (exact) mass is 615 g/mol. The van der Waals surface area contributed by atoms with Gasteiger partial charge in [0.15, 0.2) is 0 Å². The van der Waals surface area contributed by atoms with Crippen molar-refractivity contribution in [2.24, 2.45) is 0 Å². The van der Waals surface area contributed by atoms with Crippen LogP contribution in [0.2, 0.25) is 0 Å². The average Bonchev–Trinajstić information content (AvgIpc) is 3.94. The summed E-state index contributed by atoms with van der Waals surface area (Å²) in [7, 11) is 0. The molecule has 0 aromatic carbocycles. The normalized spacial score (nSPS) is 32.6. The van der Waals surface area contributed by atoms with Crippen molar-refractivity contribution in [3.8, 4) is 0 Å². The highest BCUT2D eigenvalue weighted by Crippen LogP contribution is 2.55. The van der Waals surface area contributed by atoms with Crippen molar-refractivity contribution < 1.29 is 4.74 Å².